The average Bonchev–Trinajstić information content (AvgIpc) is 2.85. The van der Waals surface area contributed by atoms with Gasteiger partial charge in [-0.25, -0.2) is 9.97 Å². The molecule has 28 heavy (non-hydrogen) atoms. The highest BCUT2D eigenvalue weighted by Gasteiger charge is 2.32. The number of phenolic OH excluding ortho intramolecular Hbond substituents is 1. The highest BCUT2D eigenvalue weighted by atomic mass is 19.4. The van der Waals surface area contributed by atoms with E-state index in [1.54, 1.807) is 0 Å². The number of nitrogens with two attached hydrogens (primary N) is 2. The van der Waals surface area contributed by atoms with E-state index in [9.17, 15) is 23.5 Å². The van der Waals surface area contributed by atoms with E-state index in [4.69, 9.17) is 11.5 Å². The van der Waals surface area contributed by atoms with E-state index in [2.05, 4.69) is 9.97 Å². The molecule has 0 spiro atoms. The van der Waals surface area contributed by atoms with Gasteiger partial charge < -0.3 is 16.6 Å². The molecular formula is C19H20F3N5O. The molecule has 2 unspecified atom stereocenters. The molecule has 1 aromatic carbocycles. The Morgan fingerprint density at radius 2 is 1.89 bits per heavy atom. The molecule has 0 bridgehead atoms. The monoisotopic (exact) mass is 391 g/mol. The van der Waals surface area contributed by atoms with Crippen molar-refractivity contribution < 1.29 is 18.3 Å². The van der Waals surface area contributed by atoms with Gasteiger partial charge >= 0.3 is 6.18 Å². The lowest BCUT2D eigenvalue weighted by Gasteiger charge is -2.18. The maximum Gasteiger partial charge on any atom is 0.416 e. The number of aromatic hydroxyl groups is 1. The van der Waals surface area contributed by atoms with Crippen LogP contribution in [-0.4, -0.2) is 21.1 Å². The molecule has 0 radical (unpaired) electrons. The number of alkyl halides is 3. The van der Waals surface area contributed by atoms with Gasteiger partial charge in [0.15, 0.2) is 5.82 Å². The second-order valence-corrected chi connectivity index (χ2v) is 7.00. The first-order valence-corrected chi connectivity index (χ1v) is 8.94. The van der Waals surface area contributed by atoms with Gasteiger partial charge in [-0.15, -0.1) is 0 Å². The van der Waals surface area contributed by atoms with Crippen LogP contribution < -0.4 is 11.5 Å². The van der Waals surface area contributed by atoms with Crippen molar-refractivity contribution >= 4 is 5.82 Å². The molecule has 1 heterocycles. The predicted octanol–water partition coefficient (Wildman–Crippen LogP) is 3.70. The second-order valence-electron chi connectivity index (χ2n) is 7.00. The Bertz CT molecular complexity index is 923. The summed E-state index contributed by atoms with van der Waals surface area (Å²) in [6, 6.07) is 4.57. The molecule has 3 rings (SSSR count). The molecule has 1 aliphatic rings. The maximum atomic E-state index is 13.1. The van der Waals surface area contributed by atoms with E-state index >= 15 is 0 Å². The van der Waals surface area contributed by atoms with Crippen LogP contribution in [0.2, 0.25) is 0 Å². The lowest BCUT2D eigenvalue weighted by Crippen LogP contribution is -2.18. The van der Waals surface area contributed by atoms with Gasteiger partial charge in [0, 0.05) is 12.0 Å². The first-order chi connectivity index (χ1) is 13.2. The lowest BCUT2D eigenvalue weighted by molar-refractivity contribution is -0.137. The number of nitriles is 1. The molecule has 5 N–H and O–H groups in total. The summed E-state index contributed by atoms with van der Waals surface area (Å²) < 4.78 is 39.2. The Morgan fingerprint density at radius 3 is 2.57 bits per heavy atom. The standard InChI is InChI=1S/C19H20F3N5O/c20-19(21,22)11-5-7-15(28)13(8-11)18-26-16(14(9-23)17(25)27-18)10-2-1-3-12(24)6-4-10/h5,7-8,10,12,28H,1-4,6,24H2,(H2,25,26,27). The number of aromatic nitrogens is 2. The molecule has 1 fully saturated rings. The summed E-state index contributed by atoms with van der Waals surface area (Å²) in [5.74, 6) is -0.748. The van der Waals surface area contributed by atoms with E-state index in [1.807, 2.05) is 6.07 Å². The second kappa shape index (κ2) is 7.64. The van der Waals surface area contributed by atoms with E-state index < -0.39 is 17.5 Å². The maximum absolute atomic E-state index is 13.1. The highest BCUT2D eigenvalue weighted by molar-refractivity contribution is 5.68. The van der Waals surface area contributed by atoms with Crippen molar-refractivity contribution in [2.45, 2.75) is 50.2 Å². The van der Waals surface area contributed by atoms with Gasteiger partial charge in [0.05, 0.1) is 16.8 Å². The number of rotatable bonds is 2. The predicted molar refractivity (Wildman–Crippen MR) is 97.1 cm³/mol. The van der Waals surface area contributed by atoms with E-state index in [1.165, 1.54) is 0 Å². The summed E-state index contributed by atoms with van der Waals surface area (Å²) in [7, 11) is 0. The molecule has 0 amide bonds. The molecule has 148 valence electrons. The molecule has 1 aliphatic carbocycles. The van der Waals surface area contributed by atoms with Crippen molar-refractivity contribution in [1.82, 2.24) is 9.97 Å². The molecule has 1 saturated carbocycles. The molecule has 2 aromatic rings. The van der Waals surface area contributed by atoms with Gasteiger partial charge in [-0.05, 0) is 43.9 Å². The fourth-order valence-corrected chi connectivity index (χ4v) is 3.52. The van der Waals surface area contributed by atoms with Crippen molar-refractivity contribution in [2.24, 2.45) is 5.73 Å². The molecule has 1 aromatic heterocycles. The lowest BCUT2D eigenvalue weighted by atomic mass is 9.93. The van der Waals surface area contributed by atoms with Gasteiger partial charge in [0.25, 0.3) is 0 Å². The van der Waals surface area contributed by atoms with Gasteiger partial charge in [-0.1, -0.05) is 6.42 Å². The minimum atomic E-state index is -4.58. The Kier molecular flexibility index (Phi) is 5.42. The largest absolute Gasteiger partial charge is 0.507 e. The third-order valence-corrected chi connectivity index (χ3v) is 5.04. The van der Waals surface area contributed by atoms with Crippen LogP contribution in [0, 0.1) is 11.3 Å². The molecule has 0 aliphatic heterocycles. The SMILES string of the molecule is N#Cc1c(N)nc(-c2cc(C(F)(F)F)ccc2O)nc1C1CCCC(N)CC1. The Balaban J connectivity index is 2.12. The Labute approximate surface area is 160 Å². The normalized spacial score (nSPS) is 20.4. The van der Waals surface area contributed by atoms with Gasteiger partial charge in [-0.2, -0.15) is 18.4 Å². The minimum absolute atomic E-state index is 0.0710. The number of nitrogens with zero attached hydrogens (tertiary/aromatic N) is 3. The van der Waals surface area contributed by atoms with Gasteiger partial charge in [-0.3, -0.25) is 0 Å². The molecule has 2 atom stereocenters. The number of anilines is 1. The summed E-state index contributed by atoms with van der Waals surface area (Å²) in [5, 5.41) is 19.6. The quantitative estimate of drug-likeness (QED) is 0.671. The van der Waals surface area contributed by atoms with Crippen molar-refractivity contribution in [3.8, 4) is 23.2 Å². The summed E-state index contributed by atoms with van der Waals surface area (Å²) in [4.78, 5) is 8.35. The summed E-state index contributed by atoms with van der Waals surface area (Å²) in [6.07, 6.45) is -0.678. The number of nitrogen functional groups attached to an aromatic ring is 1. The van der Waals surface area contributed by atoms with Crippen LogP contribution >= 0.6 is 0 Å². The third-order valence-electron chi connectivity index (χ3n) is 5.04. The molecule has 9 heteroatoms. The van der Waals surface area contributed by atoms with Crippen LogP contribution in [0.1, 0.15) is 54.8 Å². The van der Waals surface area contributed by atoms with Crippen molar-refractivity contribution in [2.75, 3.05) is 5.73 Å². The minimum Gasteiger partial charge on any atom is -0.507 e. The van der Waals surface area contributed by atoms with Crippen molar-refractivity contribution in [3.63, 3.8) is 0 Å². The molecule has 0 saturated heterocycles. The fourth-order valence-electron chi connectivity index (χ4n) is 3.52. The third kappa shape index (κ3) is 4.02. The van der Waals surface area contributed by atoms with Crippen LogP contribution in [0.3, 0.4) is 0 Å². The van der Waals surface area contributed by atoms with E-state index in [-0.39, 0.29) is 34.7 Å². The Hall–Kier alpha value is -2.86. The van der Waals surface area contributed by atoms with Crippen LogP contribution in [0.25, 0.3) is 11.4 Å². The van der Waals surface area contributed by atoms with Crippen molar-refractivity contribution in [3.05, 3.63) is 35.0 Å². The zero-order valence-corrected chi connectivity index (χ0v) is 15.0. The number of hydrogen-bond acceptors (Lipinski definition) is 6. The zero-order valence-electron chi connectivity index (χ0n) is 15.0. The first-order valence-electron chi connectivity index (χ1n) is 8.94. The van der Waals surface area contributed by atoms with E-state index in [0.717, 1.165) is 43.9 Å². The highest BCUT2D eigenvalue weighted by Crippen LogP contribution is 2.38. The van der Waals surface area contributed by atoms with Crippen LogP contribution in [0.5, 0.6) is 5.75 Å². The number of benzene rings is 1. The first kappa shape index (κ1) is 19.9. The number of phenols is 1. The summed E-state index contributed by atoms with van der Waals surface area (Å²) >= 11 is 0. The van der Waals surface area contributed by atoms with Crippen LogP contribution in [-0.2, 0) is 6.18 Å². The van der Waals surface area contributed by atoms with Gasteiger partial charge in [0.2, 0.25) is 0 Å². The summed E-state index contributed by atoms with van der Waals surface area (Å²) in [5.41, 5.74) is 11.3. The topological polar surface area (TPSA) is 122 Å². The Morgan fingerprint density at radius 1 is 1.14 bits per heavy atom. The fraction of sp³-hybridized carbons (Fsp3) is 0.421. The molecule has 6 nitrogen and oxygen atoms in total. The summed E-state index contributed by atoms with van der Waals surface area (Å²) in [6.45, 7) is 0. The van der Waals surface area contributed by atoms with Crippen LogP contribution in [0.15, 0.2) is 18.2 Å². The zero-order chi connectivity index (χ0) is 20.5. The number of hydrogen-bond donors (Lipinski definition) is 3. The van der Waals surface area contributed by atoms with Crippen LogP contribution in [0.4, 0.5) is 19.0 Å². The van der Waals surface area contributed by atoms with E-state index in [0.29, 0.717) is 12.1 Å². The van der Waals surface area contributed by atoms with Gasteiger partial charge in [0.1, 0.15) is 23.2 Å². The average molecular weight is 391 g/mol. The number of halogens is 3. The molecular weight excluding hydrogens is 371 g/mol. The van der Waals surface area contributed by atoms with Crippen molar-refractivity contribution in [1.29, 1.82) is 5.26 Å². The smallest absolute Gasteiger partial charge is 0.416 e.